The molecule has 0 spiro atoms. The maximum Gasteiger partial charge on any atom is 0.296 e. The summed E-state index contributed by atoms with van der Waals surface area (Å²) in [5, 5.41) is 18.9. The van der Waals surface area contributed by atoms with Crippen molar-refractivity contribution >= 4 is 38.7 Å². The first kappa shape index (κ1) is 16.5. The molecular formula is C17H14BrN5O3. The van der Waals surface area contributed by atoms with Gasteiger partial charge in [0.25, 0.3) is 11.6 Å². The fourth-order valence-electron chi connectivity index (χ4n) is 3.21. The summed E-state index contributed by atoms with van der Waals surface area (Å²) in [7, 11) is 1.82. The number of halogens is 1. The van der Waals surface area contributed by atoms with E-state index in [1.165, 1.54) is 22.2 Å². The van der Waals surface area contributed by atoms with Gasteiger partial charge in [-0.15, -0.1) is 0 Å². The summed E-state index contributed by atoms with van der Waals surface area (Å²) in [6.45, 7) is 0.520. The van der Waals surface area contributed by atoms with Gasteiger partial charge in [-0.05, 0) is 34.0 Å². The number of anilines is 1. The number of nitro groups is 1. The van der Waals surface area contributed by atoms with Crippen LogP contribution in [0.15, 0.2) is 47.1 Å². The second-order valence-electron chi connectivity index (χ2n) is 5.99. The molecule has 0 fully saturated rings. The lowest BCUT2D eigenvalue weighted by molar-refractivity contribution is -0.383. The first-order valence-electron chi connectivity index (χ1n) is 7.92. The van der Waals surface area contributed by atoms with Crippen molar-refractivity contribution in [1.29, 1.82) is 0 Å². The van der Waals surface area contributed by atoms with E-state index in [2.05, 4.69) is 21.0 Å². The van der Waals surface area contributed by atoms with E-state index in [0.29, 0.717) is 11.0 Å². The molecule has 1 amide bonds. The molecule has 1 aliphatic rings. The second kappa shape index (κ2) is 6.10. The molecule has 0 atom stereocenters. The van der Waals surface area contributed by atoms with Crippen LogP contribution in [0.3, 0.4) is 0 Å². The summed E-state index contributed by atoms with van der Waals surface area (Å²) in [4.78, 5) is 23.8. The van der Waals surface area contributed by atoms with Crippen molar-refractivity contribution in [2.24, 2.45) is 0 Å². The van der Waals surface area contributed by atoms with Crippen LogP contribution < -0.4 is 5.01 Å². The van der Waals surface area contributed by atoms with Crippen LogP contribution in [-0.2, 0) is 6.42 Å². The monoisotopic (exact) mass is 415 g/mol. The van der Waals surface area contributed by atoms with E-state index < -0.39 is 4.92 Å². The number of carbonyl (C=O) groups is 1. The molecule has 132 valence electrons. The summed E-state index contributed by atoms with van der Waals surface area (Å²) < 4.78 is 1.87. The van der Waals surface area contributed by atoms with Crippen LogP contribution in [0.2, 0.25) is 0 Å². The number of hydrogen-bond acceptors (Lipinski definition) is 5. The number of para-hydroxylation sites is 1. The molecule has 0 bridgehead atoms. The van der Waals surface area contributed by atoms with Crippen LogP contribution in [0.4, 0.5) is 11.4 Å². The zero-order valence-electron chi connectivity index (χ0n) is 13.8. The molecule has 3 aromatic rings. The lowest BCUT2D eigenvalue weighted by Gasteiger charge is -2.38. The Morgan fingerprint density at radius 1 is 1.31 bits per heavy atom. The van der Waals surface area contributed by atoms with Gasteiger partial charge in [-0.2, -0.15) is 5.10 Å². The van der Waals surface area contributed by atoms with Crippen molar-refractivity contribution in [3.8, 4) is 0 Å². The number of aromatic nitrogens is 2. The highest BCUT2D eigenvalue weighted by Gasteiger charge is 2.28. The molecule has 0 aliphatic carbocycles. The van der Waals surface area contributed by atoms with Crippen molar-refractivity contribution in [3.63, 3.8) is 0 Å². The van der Waals surface area contributed by atoms with Gasteiger partial charge in [-0.25, -0.2) is 9.52 Å². The quantitative estimate of drug-likeness (QED) is 0.474. The number of rotatable bonds is 2. The first-order chi connectivity index (χ1) is 12.5. The van der Waals surface area contributed by atoms with Gasteiger partial charge in [-0.3, -0.25) is 19.9 Å². The van der Waals surface area contributed by atoms with E-state index in [1.54, 1.807) is 16.2 Å². The van der Waals surface area contributed by atoms with E-state index in [-0.39, 0.29) is 22.8 Å². The van der Waals surface area contributed by atoms with Gasteiger partial charge in [0.15, 0.2) is 5.69 Å². The fourth-order valence-corrected chi connectivity index (χ4v) is 3.62. The fraction of sp³-hybridized carbons (Fsp3) is 0.176. The number of nitrogens with zero attached hydrogens (tertiary/aromatic N) is 5. The Labute approximate surface area is 156 Å². The summed E-state index contributed by atoms with van der Waals surface area (Å²) in [6, 6.07) is 10.8. The Morgan fingerprint density at radius 2 is 2.08 bits per heavy atom. The highest BCUT2D eigenvalue weighted by Crippen LogP contribution is 2.29. The van der Waals surface area contributed by atoms with Crippen molar-refractivity contribution in [3.05, 3.63) is 68.4 Å². The maximum atomic E-state index is 13.0. The Kier molecular flexibility index (Phi) is 3.87. The van der Waals surface area contributed by atoms with Crippen LogP contribution in [0, 0.1) is 10.1 Å². The number of carbonyl (C=O) groups excluding carboxylic acids is 1. The highest BCUT2D eigenvalue weighted by atomic mass is 79.9. The third-order valence-corrected chi connectivity index (χ3v) is 4.90. The molecule has 0 saturated carbocycles. The Bertz CT molecular complexity index is 1050. The van der Waals surface area contributed by atoms with E-state index in [9.17, 15) is 14.9 Å². The number of fused-ring (bicyclic) bond motifs is 2. The van der Waals surface area contributed by atoms with Gasteiger partial charge in [0.1, 0.15) is 5.52 Å². The standard InChI is InChI=1S/C17H14BrN5O3/c1-20-14-5-3-2-4-11(14)6-7-22(20)17(24)13-9-15-16(23(25)26)8-12(18)10-21(15)19-13/h2-5,8-10H,6-7H2,1H3. The maximum absolute atomic E-state index is 13.0. The molecular weight excluding hydrogens is 402 g/mol. The van der Waals surface area contributed by atoms with E-state index >= 15 is 0 Å². The van der Waals surface area contributed by atoms with Crippen LogP contribution in [0.1, 0.15) is 16.1 Å². The summed E-state index contributed by atoms with van der Waals surface area (Å²) in [6.07, 6.45) is 2.33. The van der Waals surface area contributed by atoms with Crippen LogP contribution in [0.5, 0.6) is 0 Å². The number of benzene rings is 1. The molecule has 0 N–H and O–H groups in total. The highest BCUT2D eigenvalue weighted by molar-refractivity contribution is 9.10. The molecule has 9 heteroatoms. The van der Waals surface area contributed by atoms with Gasteiger partial charge < -0.3 is 0 Å². The first-order valence-corrected chi connectivity index (χ1v) is 8.72. The van der Waals surface area contributed by atoms with Gasteiger partial charge >= 0.3 is 0 Å². The molecule has 3 heterocycles. The summed E-state index contributed by atoms with van der Waals surface area (Å²) in [5.74, 6) is -0.295. The molecule has 0 radical (unpaired) electrons. The third kappa shape index (κ3) is 2.60. The predicted molar refractivity (Wildman–Crippen MR) is 99.1 cm³/mol. The lowest BCUT2D eigenvalue weighted by atomic mass is 10.1. The molecule has 0 unspecified atom stereocenters. The van der Waals surface area contributed by atoms with E-state index in [4.69, 9.17) is 0 Å². The van der Waals surface area contributed by atoms with Gasteiger partial charge in [0.05, 0.1) is 10.6 Å². The number of hydrazine groups is 1. The minimum atomic E-state index is -0.487. The topological polar surface area (TPSA) is 84.0 Å². The Hall–Kier alpha value is -2.94. The zero-order valence-corrected chi connectivity index (χ0v) is 15.4. The lowest BCUT2D eigenvalue weighted by Crippen LogP contribution is -2.48. The van der Waals surface area contributed by atoms with Crippen molar-refractivity contribution < 1.29 is 9.72 Å². The minimum absolute atomic E-state index is 0.108. The van der Waals surface area contributed by atoms with E-state index in [1.807, 2.05) is 31.3 Å². The second-order valence-corrected chi connectivity index (χ2v) is 6.91. The Morgan fingerprint density at radius 3 is 2.85 bits per heavy atom. The van der Waals surface area contributed by atoms with Crippen LogP contribution in [-0.4, -0.2) is 39.0 Å². The molecule has 1 aliphatic heterocycles. The molecule has 1 aromatic carbocycles. The average molecular weight is 416 g/mol. The molecule has 8 nitrogen and oxygen atoms in total. The van der Waals surface area contributed by atoms with Crippen LogP contribution in [0.25, 0.3) is 5.52 Å². The zero-order chi connectivity index (χ0) is 18.4. The smallest absolute Gasteiger partial charge is 0.285 e. The SMILES string of the molecule is CN1c2ccccc2CCN1C(=O)c1cc2c([N+](=O)[O-])cc(Br)cn2n1. The molecule has 2 aromatic heterocycles. The number of amides is 1. The van der Waals surface area contributed by atoms with Crippen molar-refractivity contribution in [1.82, 2.24) is 14.6 Å². The molecule has 4 rings (SSSR count). The van der Waals surface area contributed by atoms with Gasteiger partial charge in [0, 0.05) is 36.4 Å². The van der Waals surface area contributed by atoms with Gasteiger partial charge in [-0.1, -0.05) is 18.2 Å². The molecule has 26 heavy (non-hydrogen) atoms. The Balaban J connectivity index is 1.73. The minimum Gasteiger partial charge on any atom is -0.285 e. The normalized spacial score (nSPS) is 13.8. The predicted octanol–water partition coefficient (Wildman–Crippen LogP) is 3.05. The number of hydrogen-bond donors (Lipinski definition) is 0. The van der Waals surface area contributed by atoms with E-state index in [0.717, 1.165) is 12.1 Å². The van der Waals surface area contributed by atoms with Gasteiger partial charge in [0.2, 0.25) is 0 Å². The molecule has 0 saturated heterocycles. The third-order valence-electron chi connectivity index (χ3n) is 4.46. The van der Waals surface area contributed by atoms with Crippen molar-refractivity contribution in [2.45, 2.75) is 6.42 Å². The van der Waals surface area contributed by atoms with Crippen molar-refractivity contribution in [2.75, 3.05) is 18.6 Å². The largest absolute Gasteiger partial charge is 0.296 e. The number of pyridine rings is 1. The van der Waals surface area contributed by atoms with Crippen LogP contribution >= 0.6 is 15.9 Å². The summed E-state index contributed by atoms with van der Waals surface area (Å²) in [5.41, 5.74) is 2.47. The summed E-state index contributed by atoms with van der Waals surface area (Å²) >= 11 is 3.23. The average Bonchev–Trinajstić information content (AvgIpc) is 3.04.